The Morgan fingerprint density at radius 3 is 2.61 bits per heavy atom. The largest absolute Gasteiger partial charge is 0.484 e. The van der Waals surface area contributed by atoms with Gasteiger partial charge in [0, 0.05) is 24.0 Å². The maximum Gasteiger partial charge on any atom is 0.257 e. The Kier molecular flexibility index (Phi) is 6.66. The lowest BCUT2D eigenvalue weighted by Crippen LogP contribution is -2.34. The zero-order valence-electron chi connectivity index (χ0n) is 14.6. The number of carbonyl (C=O) groups excluding carboxylic acids is 1. The van der Waals surface area contributed by atoms with Gasteiger partial charge >= 0.3 is 0 Å². The first kappa shape index (κ1) is 20.3. The van der Waals surface area contributed by atoms with Crippen LogP contribution in [0.15, 0.2) is 70.5 Å². The van der Waals surface area contributed by atoms with E-state index in [1.807, 2.05) is 0 Å². The Balaban J connectivity index is 1.68. The molecule has 0 spiro atoms. The van der Waals surface area contributed by atoms with E-state index in [-0.39, 0.29) is 17.4 Å². The van der Waals surface area contributed by atoms with E-state index in [9.17, 15) is 13.2 Å². The summed E-state index contributed by atoms with van der Waals surface area (Å²) in [5.74, 6) is 0.0692. The van der Waals surface area contributed by atoms with Gasteiger partial charge in [-0.25, -0.2) is 8.42 Å². The molecule has 28 heavy (non-hydrogen) atoms. The second kappa shape index (κ2) is 9.18. The van der Waals surface area contributed by atoms with E-state index in [1.165, 1.54) is 6.20 Å². The number of amides is 1. The molecule has 3 rings (SSSR count). The Hall–Kier alpha value is -2.42. The first-order valence-electron chi connectivity index (χ1n) is 8.29. The lowest BCUT2D eigenvalue weighted by molar-refractivity contribution is -0.123. The van der Waals surface area contributed by atoms with Crippen LogP contribution in [0.1, 0.15) is 10.8 Å². The number of rotatable bonds is 8. The molecule has 0 saturated heterocycles. The number of sulfone groups is 1. The minimum Gasteiger partial charge on any atom is -0.484 e. The number of pyridine rings is 1. The van der Waals surface area contributed by atoms with Crippen LogP contribution in [-0.2, 0) is 14.6 Å². The summed E-state index contributed by atoms with van der Waals surface area (Å²) in [6.07, 6.45) is 3.06. The molecule has 3 aromatic rings. The van der Waals surface area contributed by atoms with Crippen molar-refractivity contribution < 1.29 is 17.9 Å². The quantitative estimate of drug-likeness (QED) is 0.584. The Morgan fingerprint density at radius 1 is 1.18 bits per heavy atom. The molecule has 0 aliphatic rings. The highest BCUT2D eigenvalue weighted by Gasteiger charge is 2.30. The fraction of sp³-hybridized carbons (Fsp3) is 0.158. The van der Waals surface area contributed by atoms with E-state index < -0.39 is 21.0 Å². The fourth-order valence-corrected chi connectivity index (χ4v) is 5.45. The van der Waals surface area contributed by atoms with Crippen LogP contribution in [0, 0.1) is 0 Å². The van der Waals surface area contributed by atoms with Crippen molar-refractivity contribution in [1.82, 2.24) is 10.3 Å². The molecule has 0 aliphatic carbocycles. The summed E-state index contributed by atoms with van der Waals surface area (Å²) in [5, 5.41) is 3.96. The first-order chi connectivity index (χ1) is 13.5. The first-order valence-corrected chi connectivity index (χ1v) is 11.1. The van der Waals surface area contributed by atoms with Gasteiger partial charge in [-0.1, -0.05) is 23.7 Å². The molecule has 0 fully saturated rings. The van der Waals surface area contributed by atoms with E-state index in [2.05, 4.69) is 10.3 Å². The van der Waals surface area contributed by atoms with Crippen LogP contribution in [0.5, 0.6) is 5.75 Å². The van der Waals surface area contributed by atoms with E-state index in [0.717, 1.165) is 11.3 Å². The van der Waals surface area contributed by atoms with Crippen molar-refractivity contribution in [2.45, 2.75) is 9.46 Å². The number of hydrogen-bond acceptors (Lipinski definition) is 6. The molecular formula is C19H17ClN2O4S2. The predicted molar refractivity (Wildman–Crippen MR) is 108 cm³/mol. The summed E-state index contributed by atoms with van der Waals surface area (Å²) in [6.45, 7) is -0.324. The third-order valence-corrected chi connectivity index (χ3v) is 7.66. The summed E-state index contributed by atoms with van der Waals surface area (Å²) in [4.78, 5) is 16.2. The average Bonchev–Trinajstić information content (AvgIpc) is 3.24. The molecule has 0 bridgehead atoms. The molecule has 9 heteroatoms. The van der Waals surface area contributed by atoms with E-state index in [1.54, 1.807) is 60.1 Å². The van der Waals surface area contributed by atoms with Crippen molar-refractivity contribution in [3.8, 4) is 5.75 Å². The number of hydrogen-bond donors (Lipinski definition) is 1. The standard InChI is InChI=1S/C19H17ClN2O4S2/c20-15-5-7-16(8-6-15)26-13-18(23)22-12-17(14-3-1-9-21-11-14)28(24,25)19-4-2-10-27-19/h1-11,17H,12-13H2,(H,22,23)/t17-/m0/s1. The van der Waals surface area contributed by atoms with E-state index in [0.29, 0.717) is 16.3 Å². The van der Waals surface area contributed by atoms with E-state index >= 15 is 0 Å². The molecule has 1 N–H and O–H groups in total. The maximum absolute atomic E-state index is 13.0. The fourth-order valence-electron chi connectivity index (χ4n) is 2.48. The number of halogens is 1. The molecule has 1 amide bonds. The molecule has 0 saturated carbocycles. The molecule has 0 unspecified atom stereocenters. The monoisotopic (exact) mass is 436 g/mol. The number of nitrogens with one attached hydrogen (secondary N) is 1. The van der Waals surface area contributed by atoms with Gasteiger partial charge in [-0.2, -0.15) is 0 Å². The van der Waals surface area contributed by atoms with Crippen molar-refractivity contribution in [2.24, 2.45) is 0 Å². The van der Waals surface area contributed by atoms with Gasteiger partial charge in [-0.15, -0.1) is 11.3 Å². The molecule has 1 aromatic carbocycles. The third-order valence-electron chi connectivity index (χ3n) is 3.87. The summed E-state index contributed by atoms with van der Waals surface area (Å²) >= 11 is 6.95. The van der Waals surface area contributed by atoms with Gasteiger partial charge < -0.3 is 10.1 Å². The highest BCUT2D eigenvalue weighted by Crippen LogP contribution is 2.30. The topological polar surface area (TPSA) is 85.4 Å². The van der Waals surface area contributed by atoms with Crippen LogP contribution >= 0.6 is 22.9 Å². The van der Waals surface area contributed by atoms with Gasteiger partial charge in [0.05, 0.1) is 0 Å². The summed E-state index contributed by atoms with van der Waals surface area (Å²) in [5.41, 5.74) is 0.509. The van der Waals surface area contributed by atoms with Crippen LogP contribution in [-0.4, -0.2) is 32.5 Å². The summed E-state index contributed by atoms with van der Waals surface area (Å²) in [6, 6.07) is 13.2. The number of carbonyl (C=O) groups is 1. The van der Waals surface area contributed by atoms with E-state index in [4.69, 9.17) is 16.3 Å². The summed E-state index contributed by atoms with van der Waals surface area (Å²) in [7, 11) is -3.67. The second-order valence-electron chi connectivity index (χ2n) is 5.80. The highest BCUT2D eigenvalue weighted by atomic mass is 35.5. The van der Waals surface area contributed by atoms with Crippen LogP contribution in [0.2, 0.25) is 5.02 Å². The van der Waals surface area contributed by atoms with Gasteiger partial charge in [0.25, 0.3) is 5.91 Å². The molecule has 146 valence electrons. The maximum atomic E-state index is 13.0. The van der Waals surface area contributed by atoms with Gasteiger partial charge in [-0.05, 0) is 47.3 Å². The number of aromatic nitrogens is 1. The van der Waals surface area contributed by atoms with Gasteiger partial charge in [0.15, 0.2) is 16.4 Å². The molecular weight excluding hydrogens is 420 g/mol. The number of thiophene rings is 1. The Labute approximate surface area is 172 Å². The van der Waals surface area contributed by atoms with Crippen molar-refractivity contribution in [1.29, 1.82) is 0 Å². The zero-order chi connectivity index (χ0) is 20.0. The molecule has 0 aliphatic heterocycles. The van der Waals surface area contributed by atoms with Crippen LogP contribution < -0.4 is 10.1 Å². The van der Waals surface area contributed by atoms with Gasteiger partial charge in [-0.3, -0.25) is 9.78 Å². The average molecular weight is 437 g/mol. The van der Waals surface area contributed by atoms with Crippen LogP contribution in [0.4, 0.5) is 0 Å². The lowest BCUT2D eigenvalue weighted by atomic mass is 10.2. The van der Waals surface area contributed by atoms with Gasteiger partial charge in [0.2, 0.25) is 0 Å². The smallest absolute Gasteiger partial charge is 0.257 e. The van der Waals surface area contributed by atoms with Crippen LogP contribution in [0.3, 0.4) is 0 Å². The Morgan fingerprint density at radius 2 is 1.96 bits per heavy atom. The molecule has 2 heterocycles. The zero-order valence-corrected chi connectivity index (χ0v) is 17.0. The van der Waals surface area contributed by atoms with Crippen molar-refractivity contribution in [3.63, 3.8) is 0 Å². The Bertz CT molecular complexity index is 1010. The minimum absolute atomic E-state index is 0.0886. The molecule has 0 radical (unpaired) electrons. The minimum atomic E-state index is -3.67. The van der Waals surface area contributed by atoms with Crippen molar-refractivity contribution in [3.05, 3.63) is 76.9 Å². The second-order valence-corrected chi connectivity index (χ2v) is 9.54. The molecule has 2 aromatic heterocycles. The van der Waals surface area contributed by atoms with Crippen molar-refractivity contribution >= 4 is 38.7 Å². The molecule has 6 nitrogen and oxygen atoms in total. The predicted octanol–water partition coefficient (Wildman–Crippen LogP) is 3.51. The normalized spacial score (nSPS) is 12.3. The highest BCUT2D eigenvalue weighted by molar-refractivity contribution is 7.93. The number of benzene rings is 1. The lowest BCUT2D eigenvalue weighted by Gasteiger charge is -2.18. The van der Waals surface area contributed by atoms with Gasteiger partial charge in [0.1, 0.15) is 15.2 Å². The SMILES string of the molecule is O=C(COc1ccc(Cl)cc1)NC[C@@H](c1cccnc1)S(=O)(=O)c1cccs1. The number of nitrogens with zero attached hydrogens (tertiary/aromatic N) is 1. The van der Waals surface area contributed by atoms with Crippen molar-refractivity contribution in [2.75, 3.05) is 13.2 Å². The summed E-state index contributed by atoms with van der Waals surface area (Å²) < 4.78 is 31.6. The molecule has 1 atom stereocenters. The number of ether oxygens (including phenoxy) is 1. The third kappa shape index (κ3) is 5.09. The van der Waals surface area contributed by atoms with Crippen LogP contribution in [0.25, 0.3) is 0 Å².